The van der Waals surface area contributed by atoms with Gasteiger partial charge in [0.15, 0.2) is 5.69 Å². The van der Waals surface area contributed by atoms with Crippen molar-refractivity contribution in [2.24, 2.45) is 0 Å². The molecule has 110 valence electrons. The molecule has 8 nitrogen and oxygen atoms in total. The number of rotatable bonds is 4. The molecular formula is C10H12N2O6S2. The Hall–Kier alpha value is -1.52. The van der Waals surface area contributed by atoms with E-state index in [1.54, 1.807) is 0 Å². The van der Waals surface area contributed by atoms with E-state index in [2.05, 4.69) is 9.11 Å². The third-order valence-corrected chi connectivity index (χ3v) is 5.69. The van der Waals surface area contributed by atoms with E-state index in [1.807, 2.05) is 0 Å². The number of aliphatic carboxylic acids is 1. The molecule has 1 fully saturated rings. The van der Waals surface area contributed by atoms with Gasteiger partial charge in [-0.25, -0.2) is 13.2 Å². The van der Waals surface area contributed by atoms with Gasteiger partial charge >= 0.3 is 11.9 Å². The average Bonchev–Trinajstić information content (AvgIpc) is 3.06. The predicted molar refractivity (Wildman–Crippen MR) is 68.0 cm³/mol. The average molecular weight is 320 g/mol. The first-order valence-electron chi connectivity index (χ1n) is 5.67. The number of carbonyl (C=O) groups excluding carboxylic acids is 1. The molecular weight excluding hydrogens is 308 g/mol. The molecule has 0 bridgehead atoms. The van der Waals surface area contributed by atoms with E-state index in [1.165, 1.54) is 5.38 Å². The van der Waals surface area contributed by atoms with Gasteiger partial charge in [-0.1, -0.05) is 0 Å². The predicted octanol–water partition coefficient (Wildman–Crippen LogP) is 0.167. The van der Waals surface area contributed by atoms with Crippen molar-refractivity contribution in [1.82, 2.24) is 8.68 Å². The lowest BCUT2D eigenvalue weighted by atomic mass is 10.2. The summed E-state index contributed by atoms with van der Waals surface area (Å²) in [7, 11) is -2.96. The molecule has 0 saturated carbocycles. The fraction of sp³-hybridized carbons (Fsp3) is 0.500. The highest BCUT2D eigenvalue weighted by Crippen LogP contribution is 2.29. The van der Waals surface area contributed by atoms with Crippen LogP contribution in [0.15, 0.2) is 10.3 Å². The monoisotopic (exact) mass is 320 g/mol. The molecule has 2 heterocycles. The molecule has 0 unspecified atom stereocenters. The number of aromatic nitrogens is 1. The lowest BCUT2D eigenvalue weighted by Gasteiger charge is -2.20. The van der Waals surface area contributed by atoms with Gasteiger partial charge in [-0.2, -0.15) is 8.68 Å². The zero-order chi connectivity index (χ0) is 14.9. The number of carbonyl (C=O) groups is 2. The van der Waals surface area contributed by atoms with Crippen LogP contribution in [0.4, 0.5) is 0 Å². The first kappa shape index (κ1) is 14.9. The molecule has 1 aliphatic heterocycles. The highest BCUT2D eigenvalue weighted by Gasteiger charge is 2.41. The maximum atomic E-state index is 12.5. The van der Waals surface area contributed by atoms with Crippen LogP contribution in [-0.2, 0) is 19.6 Å². The van der Waals surface area contributed by atoms with Gasteiger partial charge < -0.3 is 9.84 Å². The van der Waals surface area contributed by atoms with Crippen LogP contribution < -0.4 is 0 Å². The zero-order valence-electron chi connectivity index (χ0n) is 10.5. The zero-order valence-corrected chi connectivity index (χ0v) is 12.1. The maximum Gasteiger partial charge on any atom is 0.359 e. The normalized spacial score (nSPS) is 19.9. The number of hydrogen-bond acceptors (Lipinski definition) is 7. The molecule has 1 N–H and O–H groups in total. The lowest BCUT2D eigenvalue weighted by molar-refractivity contribution is -0.140. The van der Waals surface area contributed by atoms with Crippen molar-refractivity contribution in [3.63, 3.8) is 0 Å². The summed E-state index contributed by atoms with van der Waals surface area (Å²) in [5.41, 5.74) is -0.312. The summed E-state index contributed by atoms with van der Waals surface area (Å²) in [4.78, 5) is 22.3. The Morgan fingerprint density at radius 3 is 2.85 bits per heavy atom. The number of methoxy groups -OCH3 is 1. The molecule has 1 aliphatic rings. The Labute approximate surface area is 119 Å². The van der Waals surface area contributed by atoms with E-state index < -0.39 is 28.0 Å². The summed E-state index contributed by atoms with van der Waals surface area (Å²) in [6.45, 7) is 0.107. The van der Waals surface area contributed by atoms with Gasteiger partial charge in [0.05, 0.1) is 7.11 Å². The Morgan fingerprint density at radius 2 is 2.25 bits per heavy atom. The van der Waals surface area contributed by atoms with Crippen LogP contribution in [0.1, 0.15) is 23.3 Å². The van der Waals surface area contributed by atoms with Crippen LogP contribution in [0, 0.1) is 0 Å². The van der Waals surface area contributed by atoms with E-state index in [-0.39, 0.29) is 23.6 Å². The Kier molecular flexibility index (Phi) is 4.06. The highest BCUT2D eigenvalue weighted by molar-refractivity contribution is 7.89. The Balaban J connectivity index is 2.43. The fourth-order valence-corrected chi connectivity index (χ4v) is 4.78. The number of sulfonamides is 1. The van der Waals surface area contributed by atoms with E-state index in [0.717, 1.165) is 22.9 Å². The van der Waals surface area contributed by atoms with Crippen molar-refractivity contribution < 1.29 is 27.9 Å². The minimum absolute atomic E-state index is 0.107. The SMILES string of the molecule is COC(=O)c1nscc1S(=O)(=O)N1CCC[C@@H]1C(=O)O. The summed E-state index contributed by atoms with van der Waals surface area (Å²) < 4.78 is 34.0. The van der Waals surface area contributed by atoms with Gasteiger partial charge in [0.1, 0.15) is 10.9 Å². The van der Waals surface area contributed by atoms with Crippen molar-refractivity contribution in [3.8, 4) is 0 Å². The van der Waals surface area contributed by atoms with Crippen molar-refractivity contribution in [3.05, 3.63) is 11.1 Å². The van der Waals surface area contributed by atoms with E-state index in [0.29, 0.717) is 6.42 Å². The molecule has 0 spiro atoms. The Bertz CT molecular complexity index is 638. The summed E-state index contributed by atoms with van der Waals surface area (Å²) >= 11 is 0.801. The topological polar surface area (TPSA) is 114 Å². The third kappa shape index (κ3) is 2.41. The standard InChI is InChI=1S/C10H12N2O6S2/c1-18-10(15)8-7(5-19-11-8)20(16,17)12-4-2-3-6(12)9(13)14/h5-6H,2-4H2,1H3,(H,13,14)/t6-/m1/s1. The second-order valence-electron chi connectivity index (χ2n) is 4.13. The molecule has 0 amide bonds. The Morgan fingerprint density at radius 1 is 1.55 bits per heavy atom. The number of nitrogens with zero attached hydrogens (tertiary/aromatic N) is 2. The van der Waals surface area contributed by atoms with Gasteiger partial charge in [0.2, 0.25) is 10.0 Å². The minimum atomic E-state index is -4.08. The number of hydrogen-bond donors (Lipinski definition) is 1. The molecule has 20 heavy (non-hydrogen) atoms. The third-order valence-electron chi connectivity index (χ3n) is 2.99. The fourth-order valence-electron chi connectivity index (χ4n) is 2.05. The van der Waals surface area contributed by atoms with E-state index >= 15 is 0 Å². The molecule has 1 aromatic rings. The minimum Gasteiger partial charge on any atom is -0.480 e. The van der Waals surface area contributed by atoms with Crippen LogP contribution in [0.2, 0.25) is 0 Å². The first-order chi connectivity index (χ1) is 9.39. The van der Waals surface area contributed by atoms with E-state index in [4.69, 9.17) is 5.11 Å². The second-order valence-corrected chi connectivity index (χ2v) is 6.62. The van der Waals surface area contributed by atoms with Crippen LogP contribution in [0.5, 0.6) is 0 Å². The lowest BCUT2D eigenvalue weighted by Crippen LogP contribution is -2.40. The number of esters is 1. The molecule has 0 aromatic carbocycles. The molecule has 0 aliphatic carbocycles. The van der Waals surface area contributed by atoms with Gasteiger partial charge in [-0.15, -0.1) is 0 Å². The largest absolute Gasteiger partial charge is 0.480 e. The smallest absolute Gasteiger partial charge is 0.359 e. The van der Waals surface area contributed by atoms with Gasteiger partial charge in [0.25, 0.3) is 0 Å². The number of ether oxygens (including phenoxy) is 1. The molecule has 1 aromatic heterocycles. The van der Waals surface area contributed by atoms with Crippen molar-refractivity contribution in [2.75, 3.05) is 13.7 Å². The maximum absolute atomic E-state index is 12.5. The van der Waals surface area contributed by atoms with Crippen molar-refractivity contribution in [2.45, 2.75) is 23.8 Å². The van der Waals surface area contributed by atoms with Crippen molar-refractivity contribution >= 4 is 33.5 Å². The summed E-state index contributed by atoms with van der Waals surface area (Å²) in [5.74, 6) is -2.07. The summed E-state index contributed by atoms with van der Waals surface area (Å²) in [5, 5.41) is 10.3. The van der Waals surface area contributed by atoms with Gasteiger partial charge in [-0.05, 0) is 24.4 Å². The van der Waals surface area contributed by atoms with Gasteiger partial charge in [0, 0.05) is 11.9 Å². The van der Waals surface area contributed by atoms with Crippen LogP contribution >= 0.6 is 11.5 Å². The molecule has 0 radical (unpaired) electrons. The quantitative estimate of drug-likeness (QED) is 0.786. The molecule has 2 rings (SSSR count). The number of carboxylic acids is 1. The molecule has 1 saturated heterocycles. The van der Waals surface area contributed by atoms with E-state index in [9.17, 15) is 18.0 Å². The van der Waals surface area contributed by atoms with Crippen LogP contribution in [0.3, 0.4) is 0 Å². The van der Waals surface area contributed by atoms with Gasteiger partial charge in [-0.3, -0.25) is 4.79 Å². The second kappa shape index (κ2) is 5.46. The molecule has 1 atom stereocenters. The molecule has 10 heteroatoms. The van der Waals surface area contributed by atoms with Crippen LogP contribution in [0.25, 0.3) is 0 Å². The van der Waals surface area contributed by atoms with Crippen LogP contribution in [-0.4, -0.2) is 53.8 Å². The number of carboxylic acid groups (broad SMARTS) is 1. The summed E-state index contributed by atoms with van der Waals surface area (Å²) in [6.07, 6.45) is 0.709. The van der Waals surface area contributed by atoms with Crippen molar-refractivity contribution in [1.29, 1.82) is 0 Å². The summed E-state index contributed by atoms with van der Waals surface area (Å²) in [6, 6.07) is -1.11. The first-order valence-corrected chi connectivity index (χ1v) is 7.94. The highest BCUT2D eigenvalue weighted by atomic mass is 32.2.